The molecule has 2 heterocycles. The molecule has 0 spiro atoms. The summed E-state index contributed by atoms with van der Waals surface area (Å²) in [7, 11) is 1.80. The smallest absolute Gasteiger partial charge is 0.259 e. The number of aromatic nitrogens is 1. The first-order chi connectivity index (χ1) is 16.7. The molecule has 2 saturated carbocycles. The van der Waals surface area contributed by atoms with E-state index in [1.54, 1.807) is 36.0 Å². The minimum Gasteiger partial charge on any atom is -0.472 e. The number of pyridine rings is 1. The van der Waals surface area contributed by atoms with Gasteiger partial charge in [-0.25, -0.2) is 4.98 Å². The number of hydrogen-bond acceptors (Lipinski definition) is 6. The van der Waals surface area contributed by atoms with Crippen LogP contribution in [0.15, 0.2) is 12.3 Å². The summed E-state index contributed by atoms with van der Waals surface area (Å²) in [6.07, 6.45) is 7.35. The summed E-state index contributed by atoms with van der Waals surface area (Å²) >= 11 is 0. The zero-order chi connectivity index (χ0) is 25.2. The molecule has 1 aromatic heterocycles. The van der Waals surface area contributed by atoms with Gasteiger partial charge in [0.2, 0.25) is 11.8 Å². The molecule has 0 radical (unpaired) electrons. The molecule has 3 aliphatic rings. The van der Waals surface area contributed by atoms with Crippen LogP contribution in [-0.4, -0.2) is 81.3 Å². The van der Waals surface area contributed by atoms with Crippen molar-refractivity contribution in [2.45, 2.75) is 76.5 Å². The third-order valence-corrected chi connectivity index (χ3v) is 7.68. The average Bonchev–Trinajstić information content (AvgIpc) is 3.25. The van der Waals surface area contributed by atoms with Gasteiger partial charge in [0.25, 0.3) is 5.91 Å². The van der Waals surface area contributed by atoms with Gasteiger partial charge in [0.1, 0.15) is 17.3 Å². The summed E-state index contributed by atoms with van der Waals surface area (Å²) in [5.41, 5.74) is -0.180. The predicted octanol–water partition coefficient (Wildman–Crippen LogP) is 2.22. The van der Waals surface area contributed by atoms with Crippen LogP contribution in [0.25, 0.3) is 0 Å². The average molecular weight is 484 g/mol. The van der Waals surface area contributed by atoms with Crippen LogP contribution in [0.5, 0.6) is 5.88 Å². The van der Waals surface area contributed by atoms with Crippen LogP contribution in [0.3, 0.4) is 0 Å². The van der Waals surface area contributed by atoms with Crippen molar-refractivity contribution in [2.75, 3.05) is 26.7 Å². The van der Waals surface area contributed by atoms with Crippen molar-refractivity contribution in [1.29, 1.82) is 0 Å². The lowest BCUT2D eigenvalue weighted by molar-refractivity contribution is -0.138. The topological polar surface area (TPSA) is 103 Å². The number of rotatable bonds is 5. The quantitative estimate of drug-likeness (QED) is 0.623. The summed E-state index contributed by atoms with van der Waals surface area (Å²) in [4.78, 5) is 34.1. The monoisotopic (exact) mass is 483 g/mol. The number of hydrogen-bond donors (Lipinski definition) is 2. The van der Waals surface area contributed by atoms with E-state index in [-0.39, 0.29) is 53.8 Å². The zero-order valence-electron chi connectivity index (χ0n) is 21.0. The van der Waals surface area contributed by atoms with Gasteiger partial charge in [-0.1, -0.05) is 25.2 Å². The highest BCUT2D eigenvalue weighted by Gasteiger charge is 2.36. The molecule has 4 rings (SSSR count). The Kier molecular flexibility index (Phi) is 7.67. The summed E-state index contributed by atoms with van der Waals surface area (Å²) in [5, 5.41) is 20.4. The van der Waals surface area contributed by atoms with E-state index >= 15 is 0 Å². The highest BCUT2D eigenvalue weighted by Crippen LogP contribution is 2.31. The molecule has 1 aliphatic heterocycles. The van der Waals surface area contributed by atoms with E-state index in [0.29, 0.717) is 31.5 Å². The molecule has 2 amide bonds. The first-order valence-corrected chi connectivity index (χ1v) is 12.8. The lowest BCUT2D eigenvalue weighted by Gasteiger charge is -2.38. The lowest BCUT2D eigenvalue weighted by Crippen LogP contribution is -2.51. The molecular formula is C27H37N3O5. The van der Waals surface area contributed by atoms with Crippen LogP contribution in [0.2, 0.25) is 0 Å². The van der Waals surface area contributed by atoms with E-state index in [4.69, 9.17) is 4.74 Å². The Balaban J connectivity index is 1.63. The number of amides is 2. The lowest BCUT2D eigenvalue weighted by atomic mass is 9.84. The van der Waals surface area contributed by atoms with Crippen LogP contribution < -0.4 is 4.74 Å². The molecule has 3 atom stereocenters. The number of carbonyl (C=O) groups is 2. The minimum atomic E-state index is -0.986. The number of nitrogens with zero attached hydrogens (tertiary/aromatic N) is 3. The third-order valence-electron chi connectivity index (χ3n) is 7.68. The number of fused-ring (bicyclic) bond motifs is 1. The maximum atomic E-state index is 13.5. The number of aliphatic hydroxyl groups is 2. The van der Waals surface area contributed by atoms with E-state index in [2.05, 4.69) is 16.8 Å². The first-order valence-electron chi connectivity index (χ1n) is 12.8. The number of ether oxygens (including phenoxy) is 1. The Hall–Kier alpha value is -2.63. The van der Waals surface area contributed by atoms with Crippen molar-refractivity contribution in [3.05, 3.63) is 23.4 Å². The molecule has 0 bridgehead atoms. The maximum Gasteiger partial charge on any atom is 0.259 e. The SMILES string of the molecule is C[C@@H]1CN([C@@H](C)CO)C(=O)c2cc(C#CC3(O)CCCC3)cnc2O[C@H]1CN(C)C(=O)C1CCC1. The largest absolute Gasteiger partial charge is 0.472 e. The second-order valence-electron chi connectivity index (χ2n) is 10.5. The summed E-state index contributed by atoms with van der Waals surface area (Å²) in [5.74, 6) is 6.02. The van der Waals surface area contributed by atoms with Crippen LogP contribution >= 0.6 is 0 Å². The van der Waals surface area contributed by atoms with Gasteiger partial charge in [-0.3, -0.25) is 9.59 Å². The fourth-order valence-corrected chi connectivity index (χ4v) is 4.99. The summed E-state index contributed by atoms with van der Waals surface area (Å²) in [6, 6.07) is 1.27. The highest BCUT2D eigenvalue weighted by molar-refractivity contribution is 5.97. The minimum absolute atomic E-state index is 0.0874. The van der Waals surface area contributed by atoms with Gasteiger partial charge < -0.3 is 24.7 Å². The standard InChI is InChI=1S/C27H37N3O5/c1-18-15-30(19(2)17-31)26(33)22-13-20(9-12-27(34)10-4-5-11-27)14-28-24(22)35-23(18)16-29(3)25(32)21-7-6-8-21/h13-14,18-19,21,23,31,34H,4-8,10-11,15-17H2,1-3H3/t18-,19+,23+/m1/s1. The molecule has 8 nitrogen and oxygen atoms in total. The van der Waals surface area contributed by atoms with E-state index < -0.39 is 5.60 Å². The normalized spacial score (nSPS) is 24.7. The van der Waals surface area contributed by atoms with Gasteiger partial charge in [0.05, 0.1) is 19.2 Å². The van der Waals surface area contributed by atoms with Crippen LogP contribution in [0, 0.1) is 23.7 Å². The van der Waals surface area contributed by atoms with Gasteiger partial charge in [-0.05, 0) is 51.5 Å². The Bertz CT molecular complexity index is 1010. The molecule has 0 aromatic carbocycles. The Morgan fingerprint density at radius 2 is 2.06 bits per heavy atom. The Labute approximate surface area is 207 Å². The van der Waals surface area contributed by atoms with E-state index in [1.807, 2.05) is 6.92 Å². The van der Waals surface area contributed by atoms with E-state index in [9.17, 15) is 19.8 Å². The number of carbonyl (C=O) groups excluding carboxylic acids is 2. The molecule has 35 heavy (non-hydrogen) atoms. The van der Waals surface area contributed by atoms with Crippen LogP contribution in [0.4, 0.5) is 0 Å². The molecule has 2 aliphatic carbocycles. The van der Waals surface area contributed by atoms with Crippen molar-refractivity contribution in [2.24, 2.45) is 11.8 Å². The predicted molar refractivity (Wildman–Crippen MR) is 131 cm³/mol. The molecule has 190 valence electrons. The summed E-state index contributed by atoms with van der Waals surface area (Å²) in [6.45, 7) is 4.40. The van der Waals surface area contributed by atoms with Crippen molar-refractivity contribution >= 4 is 11.8 Å². The Morgan fingerprint density at radius 1 is 1.34 bits per heavy atom. The maximum absolute atomic E-state index is 13.5. The third kappa shape index (κ3) is 5.62. The van der Waals surface area contributed by atoms with Crippen molar-refractivity contribution < 1.29 is 24.5 Å². The number of aliphatic hydroxyl groups excluding tert-OH is 1. The zero-order valence-corrected chi connectivity index (χ0v) is 21.0. The molecule has 8 heteroatoms. The molecule has 2 fully saturated rings. The molecular weight excluding hydrogens is 446 g/mol. The molecule has 0 unspecified atom stereocenters. The van der Waals surface area contributed by atoms with Gasteiger partial charge >= 0.3 is 0 Å². The van der Waals surface area contributed by atoms with Crippen molar-refractivity contribution in [1.82, 2.24) is 14.8 Å². The fraction of sp³-hybridized carbons (Fsp3) is 0.667. The fourth-order valence-electron chi connectivity index (χ4n) is 4.99. The van der Waals surface area contributed by atoms with Gasteiger partial charge in [-0.15, -0.1) is 0 Å². The summed E-state index contributed by atoms with van der Waals surface area (Å²) < 4.78 is 6.27. The number of likely N-dealkylation sites (N-methyl/N-ethyl adjacent to an activating group) is 1. The Morgan fingerprint density at radius 3 is 2.69 bits per heavy atom. The van der Waals surface area contributed by atoms with Crippen LogP contribution in [-0.2, 0) is 4.79 Å². The van der Waals surface area contributed by atoms with Gasteiger partial charge in [0.15, 0.2) is 0 Å². The van der Waals surface area contributed by atoms with Crippen molar-refractivity contribution in [3.8, 4) is 17.7 Å². The van der Waals surface area contributed by atoms with Gasteiger partial charge in [-0.2, -0.15) is 0 Å². The second kappa shape index (κ2) is 10.5. The van der Waals surface area contributed by atoms with E-state index in [0.717, 1.165) is 32.1 Å². The molecule has 0 saturated heterocycles. The second-order valence-corrected chi connectivity index (χ2v) is 10.5. The molecule has 1 aromatic rings. The first kappa shape index (κ1) is 25.5. The highest BCUT2D eigenvalue weighted by atomic mass is 16.5. The van der Waals surface area contributed by atoms with Gasteiger partial charge in [0, 0.05) is 37.2 Å². The molecule has 2 N–H and O–H groups in total. The van der Waals surface area contributed by atoms with Crippen molar-refractivity contribution in [3.63, 3.8) is 0 Å². The van der Waals surface area contributed by atoms with Crippen LogP contribution in [0.1, 0.15) is 74.7 Å². The van der Waals surface area contributed by atoms with E-state index in [1.165, 1.54) is 0 Å².